The summed E-state index contributed by atoms with van der Waals surface area (Å²) in [6.45, 7) is 0. The second-order valence-corrected chi connectivity index (χ2v) is 4.53. The van der Waals surface area contributed by atoms with E-state index in [9.17, 15) is 0 Å². The molecular weight excluding hydrogens is 262 g/mol. The number of benzene rings is 1. The van der Waals surface area contributed by atoms with Gasteiger partial charge in [-0.15, -0.1) is 11.3 Å². The van der Waals surface area contributed by atoms with Crippen molar-refractivity contribution in [3.63, 3.8) is 0 Å². The van der Waals surface area contributed by atoms with Gasteiger partial charge in [0.25, 0.3) is 0 Å². The third-order valence-electron chi connectivity index (χ3n) is 2.17. The minimum absolute atomic E-state index is 0.784. The van der Waals surface area contributed by atoms with Crippen molar-refractivity contribution in [3.8, 4) is 5.75 Å². The van der Waals surface area contributed by atoms with Crippen LogP contribution < -0.4 is 10.5 Å². The van der Waals surface area contributed by atoms with Crippen LogP contribution >= 0.6 is 27.3 Å². The molecule has 1 aromatic carbocycles. The minimum Gasteiger partial charge on any atom is -0.495 e. The first-order valence-electron chi connectivity index (χ1n) is 4.17. The van der Waals surface area contributed by atoms with Gasteiger partial charge in [0.05, 0.1) is 16.8 Å². The zero-order valence-corrected chi connectivity index (χ0v) is 10.1. The fraction of sp³-hybridized carbons (Fsp3) is 0.200. The predicted octanol–water partition coefficient (Wildman–Crippen LogP) is 3.39. The van der Waals surface area contributed by atoms with Gasteiger partial charge in [0, 0.05) is 16.3 Å². The van der Waals surface area contributed by atoms with Crippen LogP contribution in [0.2, 0.25) is 0 Å². The maximum absolute atomic E-state index is 5.92. The Balaban J connectivity index is 2.79. The number of thiophene rings is 1. The van der Waals surface area contributed by atoms with Crippen LogP contribution in [-0.4, -0.2) is 7.11 Å². The summed E-state index contributed by atoms with van der Waals surface area (Å²) < 4.78 is 6.41. The van der Waals surface area contributed by atoms with E-state index in [2.05, 4.69) is 22.0 Å². The molecule has 2 N–H and O–H groups in total. The second kappa shape index (κ2) is 3.79. The summed E-state index contributed by atoms with van der Waals surface area (Å²) in [6, 6.07) is 6.01. The van der Waals surface area contributed by atoms with E-state index < -0.39 is 0 Å². The highest BCUT2D eigenvalue weighted by molar-refractivity contribution is 9.08. The summed E-state index contributed by atoms with van der Waals surface area (Å²) in [7, 11) is 1.68. The van der Waals surface area contributed by atoms with Gasteiger partial charge in [-0.05, 0) is 6.07 Å². The molecule has 0 atom stereocenters. The number of fused-ring (bicyclic) bond motifs is 1. The molecule has 0 saturated carbocycles. The van der Waals surface area contributed by atoms with Gasteiger partial charge in [-0.1, -0.05) is 28.1 Å². The molecule has 0 aliphatic rings. The van der Waals surface area contributed by atoms with Crippen LogP contribution in [0.3, 0.4) is 0 Å². The SMILES string of the molecule is COc1cccc2c(CBr)c(N)sc12. The number of halogens is 1. The van der Waals surface area contributed by atoms with Crippen molar-refractivity contribution in [3.05, 3.63) is 23.8 Å². The van der Waals surface area contributed by atoms with Crippen molar-refractivity contribution in [1.29, 1.82) is 0 Å². The first-order valence-corrected chi connectivity index (χ1v) is 6.11. The molecule has 1 heterocycles. The molecular formula is C10H10BrNOS. The monoisotopic (exact) mass is 271 g/mol. The average molecular weight is 272 g/mol. The van der Waals surface area contributed by atoms with Gasteiger partial charge in [0.2, 0.25) is 0 Å². The van der Waals surface area contributed by atoms with E-state index in [4.69, 9.17) is 10.5 Å². The zero-order valence-electron chi connectivity index (χ0n) is 7.71. The molecule has 74 valence electrons. The first-order chi connectivity index (χ1) is 6.77. The number of nitrogen functional groups attached to an aromatic ring is 1. The van der Waals surface area contributed by atoms with Crippen LogP contribution in [0.4, 0.5) is 5.00 Å². The zero-order chi connectivity index (χ0) is 10.1. The maximum Gasteiger partial charge on any atom is 0.136 e. The van der Waals surface area contributed by atoms with Crippen molar-refractivity contribution >= 4 is 42.4 Å². The van der Waals surface area contributed by atoms with E-state index in [0.717, 1.165) is 26.3 Å². The van der Waals surface area contributed by atoms with Gasteiger partial charge in [0.1, 0.15) is 5.75 Å². The smallest absolute Gasteiger partial charge is 0.136 e. The van der Waals surface area contributed by atoms with Crippen molar-refractivity contribution < 1.29 is 4.74 Å². The largest absolute Gasteiger partial charge is 0.495 e. The summed E-state index contributed by atoms with van der Waals surface area (Å²) >= 11 is 5.02. The Bertz CT molecular complexity index is 466. The topological polar surface area (TPSA) is 35.2 Å². The van der Waals surface area contributed by atoms with Crippen molar-refractivity contribution in [2.75, 3.05) is 12.8 Å². The Morgan fingerprint density at radius 1 is 1.50 bits per heavy atom. The number of anilines is 1. The van der Waals surface area contributed by atoms with Gasteiger partial charge in [-0.2, -0.15) is 0 Å². The van der Waals surface area contributed by atoms with Crippen molar-refractivity contribution in [2.24, 2.45) is 0 Å². The van der Waals surface area contributed by atoms with Crippen LogP contribution in [-0.2, 0) is 5.33 Å². The van der Waals surface area contributed by atoms with Crippen LogP contribution in [0.5, 0.6) is 5.75 Å². The van der Waals surface area contributed by atoms with Gasteiger partial charge in [0.15, 0.2) is 0 Å². The summed E-state index contributed by atoms with van der Waals surface area (Å²) in [5.41, 5.74) is 7.08. The van der Waals surface area contributed by atoms with Crippen LogP contribution in [0.15, 0.2) is 18.2 Å². The highest BCUT2D eigenvalue weighted by Crippen LogP contribution is 2.39. The molecule has 0 aliphatic carbocycles. The van der Waals surface area contributed by atoms with Crippen LogP contribution in [0.1, 0.15) is 5.56 Å². The van der Waals surface area contributed by atoms with Crippen LogP contribution in [0, 0.1) is 0 Å². The lowest BCUT2D eigenvalue weighted by molar-refractivity contribution is 0.420. The third-order valence-corrected chi connectivity index (χ3v) is 3.82. The molecule has 2 rings (SSSR count). The number of methoxy groups -OCH3 is 1. The number of hydrogen-bond acceptors (Lipinski definition) is 3. The van der Waals surface area contributed by atoms with E-state index in [1.165, 1.54) is 5.39 Å². The summed E-state index contributed by atoms with van der Waals surface area (Å²) in [5, 5.41) is 2.83. The normalized spacial score (nSPS) is 10.7. The molecule has 2 nitrogen and oxygen atoms in total. The summed E-state index contributed by atoms with van der Waals surface area (Å²) in [5.74, 6) is 0.895. The molecule has 0 fully saturated rings. The molecule has 14 heavy (non-hydrogen) atoms. The number of hydrogen-bond donors (Lipinski definition) is 1. The lowest BCUT2D eigenvalue weighted by Crippen LogP contribution is -1.84. The highest BCUT2D eigenvalue weighted by atomic mass is 79.9. The molecule has 1 aromatic heterocycles. The Kier molecular flexibility index (Phi) is 2.65. The molecule has 0 radical (unpaired) electrons. The molecule has 0 saturated heterocycles. The van der Waals surface area contributed by atoms with Gasteiger partial charge >= 0.3 is 0 Å². The summed E-state index contributed by atoms with van der Waals surface area (Å²) in [4.78, 5) is 0. The third kappa shape index (κ3) is 1.38. The average Bonchev–Trinajstić information content (AvgIpc) is 2.52. The lowest BCUT2D eigenvalue weighted by atomic mass is 10.2. The number of alkyl halides is 1. The van der Waals surface area contributed by atoms with Crippen molar-refractivity contribution in [1.82, 2.24) is 0 Å². The Morgan fingerprint density at radius 3 is 2.93 bits per heavy atom. The minimum atomic E-state index is 0.784. The van der Waals surface area contributed by atoms with Crippen molar-refractivity contribution in [2.45, 2.75) is 5.33 Å². The molecule has 2 aromatic rings. The van der Waals surface area contributed by atoms with Gasteiger partial charge < -0.3 is 10.5 Å². The van der Waals surface area contributed by atoms with E-state index in [0.29, 0.717) is 0 Å². The van der Waals surface area contributed by atoms with Gasteiger partial charge in [-0.3, -0.25) is 0 Å². The Morgan fingerprint density at radius 2 is 2.29 bits per heavy atom. The van der Waals surface area contributed by atoms with E-state index in [1.54, 1.807) is 18.4 Å². The lowest BCUT2D eigenvalue weighted by Gasteiger charge is -2.00. The molecule has 0 amide bonds. The molecule has 0 aliphatic heterocycles. The van der Waals surface area contributed by atoms with E-state index in [1.807, 2.05) is 12.1 Å². The van der Waals surface area contributed by atoms with Gasteiger partial charge in [-0.25, -0.2) is 0 Å². The Labute approximate surface area is 94.8 Å². The maximum atomic E-state index is 5.92. The molecule has 0 bridgehead atoms. The van der Waals surface area contributed by atoms with Crippen LogP contribution in [0.25, 0.3) is 10.1 Å². The molecule has 0 unspecified atom stereocenters. The number of nitrogens with two attached hydrogens (primary N) is 1. The van der Waals surface area contributed by atoms with E-state index in [-0.39, 0.29) is 0 Å². The fourth-order valence-corrected chi connectivity index (χ4v) is 3.33. The number of ether oxygens (including phenoxy) is 1. The standard InChI is InChI=1S/C10H10BrNOS/c1-13-8-4-2-3-6-7(5-11)10(12)14-9(6)8/h2-4H,5,12H2,1H3. The molecule has 0 spiro atoms. The molecule has 4 heteroatoms. The fourth-order valence-electron chi connectivity index (χ4n) is 1.46. The summed E-state index contributed by atoms with van der Waals surface area (Å²) in [6.07, 6.45) is 0. The Hall–Kier alpha value is -0.740. The highest BCUT2D eigenvalue weighted by Gasteiger charge is 2.11. The second-order valence-electron chi connectivity index (χ2n) is 2.92. The predicted molar refractivity (Wildman–Crippen MR) is 65.4 cm³/mol. The number of rotatable bonds is 2. The quantitative estimate of drug-likeness (QED) is 0.850. The first kappa shape index (κ1) is 9.80. The van der Waals surface area contributed by atoms with E-state index >= 15 is 0 Å².